The number of rotatable bonds is 3. The second kappa shape index (κ2) is 6.40. The van der Waals surface area contributed by atoms with E-state index in [1.807, 2.05) is 19.1 Å². The Hall–Kier alpha value is -2.14. The minimum absolute atomic E-state index is 0.250. The van der Waals surface area contributed by atoms with E-state index in [2.05, 4.69) is 5.32 Å². The van der Waals surface area contributed by atoms with E-state index < -0.39 is 11.9 Å². The number of likely N-dealkylation sites (tertiary alicyclic amines) is 1. The molecule has 3 amide bonds. The van der Waals surface area contributed by atoms with Gasteiger partial charge in [0.15, 0.2) is 0 Å². The third-order valence-corrected chi connectivity index (χ3v) is 5.00. The molecular weight excluding hydrogens is 328 g/mol. The molecule has 1 aromatic rings. The molecule has 3 rings (SSSR count). The summed E-state index contributed by atoms with van der Waals surface area (Å²) in [4.78, 5) is 38.7. The van der Waals surface area contributed by atoms with Gasteiger partial charge in [0.05, 0.1) is 11.8 Å². The number of fused-ring (bicyclic) bond motifs is 1. The van der Waals surface area contributed by atoms with Crippen LogP contribution in [0.3, 0.4) is 0 Å². The summed E-state index contributed by atoms with van der Waals surface area (Å²) in [5, 5.41) is 3.27. The fraction of sp³-hybridized carbons (Fsp3) is 0.389. The van der Waals surface area contributed by atoms with Gasteiger partial charge in [-0.15, -0.1) is 0 Å². The lowest BCUT2D eigenvalue weighted by Crippen LogP contribution is -2.46. The van der Waals surface area contributed by atoms with Gasteiger partial charge in [-0.2, -0.15) is 0 Å². The number of hydrogen-bond acceptors (Lipinski definition) is 3. The summed E-state index contributed by atoms with van der Waals surface area (Å²) in [5.74, 6) is -1.55. The van der Waals surface area contributed by atoms with Crippen molar-refractivity contribution in [2.45, 2.75) is 32.7 Å². The van der Waals surface area contributed by atoms with Crippen molar-refractivity contribution in [3.05, 3.63) is 40.9 Å². The first kappa shape index (κ1) is 16.7. The van der Waals surface area contributed by atoms with E-state index in [1.54, 1.807) is 25.1 Å². The zero-order valence-electron chi connectivity index (χ0n) is 13.6. The first-order valence-corrected chi connectivity index (χ1v) is 8.37. The van der Waals surface area contributed by atoms with Crippen LogP contribution in [0.1, 0.15) is 25.3 Å². The Labute approximate surface area is 145 Å². The molecule has 126 valence electrons. The minimum atomic E-state index is -0.853. The van der Waals surface area contributed by atoms with Gasteiger partial charge in [0, 0.05) is 10.7 Å². The molecule has 1 aromatic carbocycles. The van der Waals surface area contributed by atoms with Gasteiger partial charge in [-0.1, -0.05) is 29.8 Å². The second-order valence-corrected chi connectivity index (χ2v) is 6.76. The Bertz CT molecular complexity index is 718. The highest BCUT2D eigenvalue weighted by Gasteiger charge is 2.50. The Morgan fingerprint density at radius 2 is 1.79 bits per heavy atom. The van der Waals surface area contributed by atoms with E-state index >= 15 is 0 Å². The smallest absolute Gasteiger partial charge is 0.247 e. The highest BCUT2D eigenvalue weighted by atomic mass is 35.5. The Balaban J connectivity index is 1.77. The van der Waals surface area contributed by atoms with Crippen LogP contribution >= 0.6 is 11.6 Å². The van der Waals surface area contributed by atoms with Crippen molar-refractivity contribution in [3.8, 4) is 0 Å². The Morgan fingerprint density at radius 1 is 1.21 bits per heavy atom. The van der Waals surface area contributed by atoms with Crippen molar-refractivity contribution in [2.24, 2.45) is 11.8 Å². The van der Waals surface area contributed by atoms with Gasteiger partial charge in [0.2, 0.25) is 17.7 Å². The fourth-order valence-corrected chi connectivity index (χ4v) is 3.46. The van der Waals surface area contributed by atoms with Crippen LogP contribution in [-0.4, -0.2) is 28.7 Å². The van der Waals surface area contributed by atoms with Gasteiger partial charge in [-0.25, -0.2) is 0 Å². The van der Waals surface area contributed by atoms with Gasteiger partial charge < -0.3 is 5.32 Å². The molecule has 5 nitrogen and oxygen atoms in total. The molecule has 1 aliphatic heterocycles. The van der Waals surface area contributed by atoms with E-state index in [0.717, 1.165) is 10.5 Å². The molecule has 1 aliphatic carbocycles. The van der Waals surface area contributed by atoms with Crippen molar-refractivity contribution in [3.63, 3.8) is 0 Å². The second-order valence-electron chi connectivity index (χ2n) is 6.33. The number of carbonyl (C=O) groups excluding carboxylic acids is 3. The van der Waals surface area contributed by atoms with Crippen LogP contribution in [0.5, 0.6) is 0 Å². The van der Waals surface area contributed by atoms with Gasteiger partial charge in [-0.05, 0) is 44.4 Å². The van der Waals surface area contributed by atoms with Crippen molar-refractivity contribution in [1.82, 2.24) is 4.90 Å². The molecular formula is C18H19ClN2O3. The largest absolute Gasteiger partial charge is 0.324 e. The average Bonchev–Trinajstić information content (AvgIpc) is 2.82. The summed E-state index contributed by atoms with van der Waals surface area (Å²) >= 11 is 5.96. The highest BCUT2D eigenvalue weighted by molar-refractivity contribution is 6.31. The lowest BCUT2D eigenvalue weighted by Gasteiger charge is -2.23. The highest BCUT2D eigenvalue weighted by Crippen LogP contribution is 2.36. The number of nitrogens with zero attached hydrogens (tertiary/aromatic N) is 1. The molecule has 0 aromatic heterocycles. The van der Waals surface area contributed by atoms with Crippen LogP contribution in [-0.2, 0) is 14.4 Å². The molecule has 1 N–H and O–H groups in total. The van der Waals surface area contributed by atoms with Gasteiger partial charge in [0.1, 0.15) is 6.04 Å². The Morgan fingerprint density at radius 3 is 2.38 bits per heavy atom. The summed E-state index contributed by atoms with van der Waals surface area (Å²) in [6.45, 7) is 3.43. The van der Waals surface area contributed by atoms with Crippen LogP contribution in [0.2, 0.25) is 5.02 Å². The maximum atomic E-state index is 12.5. The quantitative estimate of drug-likeness (QED) is 0.676. The van der Waals surface area contributed by atoms with Crippen molar-refractivity contribution in [2.75, 3.05) is 5.32 Å². The number of benzene rings is 1. The molecule has 3 atom stereocenters. The summed E-state index contributed by atoms with van der Waals surface area (Å²) in [6.07, 6.45) is 4.98. The molecule has 1 heterocycles. The summed E-state index contributed by atoms with van der Waals surface area (Å²) in [7, 11) is 0. The van der Waals surface area contributed by atoms with Gasteiger partial charge >= 0.3 is 0 Å². The number of anilines is 1. The number of hydrogen-bond donors (Lipinski definition) is 1. The minimum Gasteiger partial charge on any atom is -0.324 e. The standard InChI is InChI=1S/C18H19ClN2O3/c1-10-7-8-12(19)9-15(10)20-16(22)11(2)21-17(23)13-5-3-4-6-14(13)18(21)24/h3-4,7-9,11,13-14H,5-6H2,1-2H3,(H,20,22)/t11-,13+,14+/m0/s1. The van der Waals surface area contributed by atoms with Crippen molar-refractivity contribution < 1.29 is 14.4 Å². The molecule has 0 unspecified atom stereocenters. The van der Waals surface area contributed by atoms with Crippen LogP contribution in [0.25, 0.3) is 0 Å². The molecule has 2 aliphatic rings. The number of carbonyl (C=O) groups is 3. The number of imide groups is 1. The zero-order chi connectivity index (χ0) is 17.4. The Kier molecular flexibility index (Phi) is 4.45. The predicted molar refractivity (Wildman–Crippen MR) is 91.5 cm³/mol. The normalized spacial score (nSPS) is 24.0. The average molecular weight is 347 g/mol. The van der Waals surface area contributed by atoms with Crippen molar-refractivity contribution >= 4 is 35.0 Å². The topological polar surface area (TPSA) is 66.5 Å². The molecule has 1 saturated heterocycles. The van der Waals surface area contributed by atoms with Gasteiger partial charge in [0.25, 0.3) is 0 Å². The molecule has 0 radical (unpaired) electrons. The van der Waals surface area contributed by atoms with Crippen LogP contribution in [0.4, 0.5) is 5.69 Å². The van der Waals surface area contributed by atoms with Crippen molar-refractivity contribution in [1.29, 1.82) is 0 Å². The molecule has 24 heavy (non-hydrogen) atoms. The lowest BCUT2D eigenvalue weighted by atomic mass is 9.85. The third kappa shape index (κ3) is 2.84. The molecule has 6 heteroatoms. The van der Waals surface area contributed by atoms with Crippen LogP contribution in [0.15, 0.2) is 30.4 Å². The summed E-state index contributed by atoms with van der Waals surface area (Å²) in [5.41, 5.74) is 1.44. The molecule has 1 fully saturated rings. The van der Waals surface area contributed by atoms with E-state index in [0.29, 0.717) is 23.6 Å². The maximum absolute atomic E-state index is 12.5. The van der Waals surface area contributed by atoms with E-state index in [1.165, 1.54) is 0 Å². The number of nitrogens with one attached hydrogen (secondary N) is 1. The number of halogens is 1. The number of amides is 3. The first-order chi connectivity index (χ1) is 11.4. The third-order valence-electron chi connectivity index (χ3n) is 4.77. The van der Waals surface area contributed by atoms with E-state index in [9.17, 15) is 14.4 Å². The summed E-state index contributed by atoms with van der Waals surface area (Å²) in [6, 6.07) is 4.34. The van der Waals surface area contributed by atoms with Crippen LogP contribution in [0, 0.1) is 18.8 Å². The van der Waals surface area contributed by atoms with E-state index in [-0.39, 0.29) is 23.7 Å². The fourth-order valence-electron chi connectivity index (χ4n) is 3.29. The van der Waals surface area contributed by atoms with Gasteiger partial charge in [-0.3, -0.25) is 19.3 Å². The zero-order valence-corrected chi connectivity index (χ0v) is 14.3. The monoisotopic (exact) mass is 346 g/mol. The SMILES string of the molecule is Cc1ccc(Cl)cc1NC(=O)[C@H](C)N1C(=O)[C@@H]2CC=CC[C@H]2C1=O. The number of allylic oxidation sites excluding steroid dienone is 2. The summed E-state index contributed by atoms with van der Waals surface area (Å²) < 4.78 is 0. The first-order valence-electron chi connectivity index (χ1n) is 7.99. The predicted octanol–water partition coefficient (Wildman–Crippen LogP) is 2.93. The van der Waals surface area contributed by atoms with Crippen LogP contribution < -0.4 is 5.32 Å². The lowest BCUT2D eigenvalue weighted by molar-refractivity contribution is -0.146. The number of aryl methyl sites for hydroxylation is 1. The maximum Gasteiger partial charge on any atom is 0.247 e. The molecule has 0 saturated carbocycles. The molecule has 0 spiro atoms. The van der Waals surface area contributed by atoms with E-state index in [4.69, 9.17) is 11.6 Å². The molecule has 0 bridgehead atoms.